The zero-order chi connectivity index (χ0) is 16.9. The molecule has 0 aliphatic carbocycles. The predicted molar refractivity (Wildman–Crippen MR) is 85.2 cm³/mol. The molecule has 1 aromatic rings. The second kappa shape index (κ2) is 7.11. The number of carbonyl (C=O) groups is 1. The Morgan fingerprint density at radius 1 is 1.41 bits per heavy atom. The van der Waals surface area contributed by atoms with Crippen molar-refractivity contribution in [3.05, 3.63) is 33.9 Å². The van der Waals surface area contributed by atoms with Gasteiger partial charge in [0.2, 0.25) is 0 Å². The van der Waals surface area contributed by atoms with E-state index in [0.29, 0.717) is 6.54 Å². The van der Waals surface area contributed by atoms with Crippen LogP contribution in [0.1, 0.15) is 33.3 Å². The number of ether oxygens (including phenoxy) is 1. The number of carbonyl (C=O) groups excluding carboxylic acids is 1. The van der Waals surface area contributed by atoms with Crippen molar-refractivity contribution in [1.82, 2.24) is 5.32 Å². The first-order valence-electron chi connectivity index (χ1n) is 7.07. The molecule has 122 valence electrons. The fourth-order valence-electron chi connectivity index (χ4n) is 1.79. The summed E-state index contributed by atoms with van der Waals surface area (Å²) in [5.41, 5.74) is 1.10. The maximum absolute atomic E-state index is 11.6. The van der Waals surface area contributed by atoms with E-state index < -0.39 is 16.6 Å². The number of nitrogens with one attached hydrogen (secondary N) is 2. The summed E-state index contributed by atoms with van der Waals surface area (Å²) in [6.45, 7) is 9.48. The summed E-state index contributed by atoms with van der Waals surface area (Å²) in [4.78, 5) is 21.8. The van der Waals surface area contributed by atoms with Crippen LogP contribution in [0.5, 0.6) is 0 Å². The van der Waals surface area contributed by atoms with Gasteiger partial charge < -0.3 is 15.4 Å². The van der Waals surface area contributed by atoms with Gasteiger partial charge in [-0.2, -0.15) is 0 Å². The van der Waals surface area contributed by atoms with Gasteiger partial charge in [-0.05, 0) is 46.2 Å². The number of anilines is 1. The third kappa shape index (κ3) is 5.99. The highest BCUT2D eigenvalue weighted by Gasteiger charge is 2.16. The third-order valence-electron chi connectivity index (χ3n) is 2.77. The molecule has 7 nitrogen and oxygen atoms in total. The van der Waals surface area contributed by atoms with Crippen molar-refractivity contribution in [3.63, 3.8) is 0 Å². The first-order chi connectivity index (χ1) is 10.1. The average molecular weight is 309 g/mol. The molecule has 0 spiro atoms. The highest BCUT2D eigenvalue weighted by Crippen LogP contribution is 2.21. The topological polar surface area (TPSA) is 93.5 Å². The Labute approximate surface area is 130 Å². The molecule has 2 N–H and O–H groups in total. The lowest BCUT2D eigenvalue weighted by Crippen LogP contribution is -2.38. The van der Waals surface area contributed by atoms with Crippen LogP contribution in [0.25, 0.3) is 0 Å². The van der Waals surface area contributed by atoms with Gasteiger partial charge >= 0.3 is 6.09 Å². The Balaban J connectivity index is 2.53. The van der Waals surface area contributed by atoms with Crippen LogP contribution in [0.4, 0.5) is 16.2 Å². The van der Waals surface area contributed by atoms with Gasteiger partial charge in [-0.15, -0.1) is 0 Å². The van der Waals surface area contributed by atoms with E-state index >= 15 is 0 Å². The summed E-state index contributed by atoms with van der Waals surface area (Å²) in [7, 11) is 0. The monoisotopic (exact) mass is 309 g/mol. The molecule has 0 heterocycles. The van der Waals surface area contributed by atoms with Gasteiger partial charge in [0, 0.05) is 30.4 Å². The van der Waals surface area contributed by atoms with Gasteiger partial charge in [-0.25, -0.2) is 4.79 Å². The lowest BCUT2D eigenvalue weighted by atomic mass is 10.1. The van der Waals surface area contributed by atoms with Crippen molar-refractivity contribution in [2.24, 2.45) is 0 Å². The summed E-state index contributed by atoms with van der Waals surface area (Å²) in [5.74, 6) is 0. The minimum absolute atomic E-state index is 0.0484. The fourth-order valence-corrected chi connectivity index (χ4v) is 1.79. The maximum Gasteiger partial charge on any atom is 0.407 e. The Bertz CT molecular complexity index is 552. The summed E-state index contributed by atoms with van der Waals surface area (Å²) >= 11 is 0. The van der Waals surface area contributed by atoms with Crippen molar-refractivity contribution in [2.45, 2.75) is 46.3 Å². The number of rotatable bonds is 5. The highest BCUT2D eigenvalue weighted by molar-refractivity contribution is 5.67. The summed E-state index contributed by atoms with van der Waals surface area (Å²) in [5, 5.41) is 16.6. The number of hydrogen-bond donors (Lipinski definition) is 2. The number of non-ortho nitro benzene ring substituents is 1. The zero-order valence-corrected chi connectivity index (χ0v) is 13.6. The summed E-state index contributed by atoms with van der Waals surface area (Å²) in [6.07, 6.45) is -0.471. The smallest absolute Gasteiger partial charge is 0.407 e. The van der Waals surface area contributed by atoms with Crippen LogP contribution in [0, 0.1) is 17.0 Å². The largest absolute Gasteiger partial charge is 0.444 e. The second-order valence-electron chi connectivity index (χ2n) is 6.18. The van der Waals surface area contributed by atoms with Crippen LogP contribution in [0.15, 0.2) is 18.2 Å². The molecular weight excluding hydrogens is 286 g/mol. The lowest BCUT2D eigenvalue weighted by Gasteiger charge is -2.21. The van der Waals surface area contributed by atoms with E-state index in [2.05, 4.69) is 10.6 Å². The van der Waals surface area contributed by atoms with Crippen LogP contribution >= 0.6 is 0 Å². The molecule has 0 fully saturated rings. The van der Waals surface area contributed by atoms with E-state index in [1.807, 2.05) is 6.92 Å². The quantitative estimate of drug-likeness (QED) is 0.643. The Kier molecular flexibility index (Phi) is 5.73. The number of nitrogens with zero attached hydrogens (tertiary/aromatic N) is 1. The third-order valence-corrected chi connectivity index (χ3v) is 2.77. The first-order valence-corrected chi connectivity index (χ1v) is 7.07. The van der Waals surface area contributed by atoms with Gasteiger partial charge in [-0.3, -0.25) is 10.1 Å². The van der Waals surface area contributed by atoms with Crippen molar-refractivity contribution >= 4 is 17.5 Å². The molecule has 1 aromatic carbocycles. The molecule has 22 heavy (non-hydrogen) atoms. The normalized spacial score (nSPS) is 12.4. The highest BCUT2D eigenvalue weighted by atomic mass is 16.6. The van der Waals surface area contributed by atoms with E-state index in [9.17, 15) is 14.9 Å². The molecule has 0 bridgehead atoms. The molecule has 0 aromatic heterocycles. The molecule has 1 unspecified atom stereocenters. The van der Waals surface area contributed by atoms with Crippen LogP contribution in [0.3, 0.4) is 0 Å². The van der Waals surface area contributed by atoms with Crippen LogP contribution < -0.4 is 10.6 Å². The van der Waals surface area contributed by atoms with Crippen LogP contribution in [0.2, 0.25) is 0 Å². The fraction of sp³-hybridized carbons (Fsp3) is 0.533. The molecular formula is C15H23N3O4. The Hall–Kier alpha value is -2.31. The van der Waals surface area contributed by atoms with Gasteiger partial charge in [-0.1, -0.05) is 0 Å². The molecule has 0 aliphatic rings. The van der Waals surface area contributed by atoms with Crippen LogP contribution in [-0.2, 0) is 4.74 Å². The number of nitro benzene ring substituents is 1. The minimum Gasteiger partial charge on any atom is -0.444 e. The summed E-state index contributed by atoms with van der Waals surface area (Å²) < 4.78 is 5.15. The number of hydrogen-bond acceptors (Lipinski definition) is 5. The van der Waals surface area contributed by atoms with Crippen molar-refractivity contribution in [3.8, 4) is 0 Å². The van der Waals surface area contributed by atoms with Gasteiger partial charge in [0.05, 0.1) is 4.92 Å². The number of alkyl carbamates (subject to hydrolysis) is 1. The molecule has 7 heteroatoms. The van der Waals surface area contributed by atoms with Crippen LogP contribution in [-0.4, -0.2) is 29.2 Å². The van der Waals surface area contributed by atoms with Gasteiger partial charge in [0.15, 0.2) is 0 Å². The van der Waals surface area contributed by atoms with Gasteiger partial charge in [0.1, 0.15) is 5.60 Å². The minimum atomic E-state index is -0.532. The molecule has 1 atom stereocenters. The van der Waals surface area contributed by atoms with E-state index in [-0.39, 0.29) is 11.7 Å². The molecule has 0 radical (unpaired) electrons. The Morgan fingerprint density at radius 2 is 2.05 bits per heavy atom. The lowest BCUT2D eigenvalue weighted by molar-refractivity contribution is -0.384. The molecule has 0 aliphatic heterocycles. The Morgan fingerprint density at radius 3 is 2.55 bits per heavy atom. The van der Waals surface area contributed by atoms with E-state index in [0.717, 1.165) is 11.3 Å². The average Bonchev–Trinajstić information content (AvgIpc) is 2.36. The molecule has 0 saturated carbocycles. The summed E-state index contributed by atoms with van der Waals surface area (Å²) in [6, 6.07) is 4.57. The predicted octanol–water partition coefficient (Wildman–Crippen LogP) is 3.23. The standard InChI is InChI=1S/C15H23N3O4/c1-10-8-12(18(20)21)6-7-13(10)17-11(2)9-16-14(19)22-15(3,4)5/h6-8,11,17H,9H2,1-5H3,(H,16,19). The van der Waals surface area contributed by atoms with E-state index in [1.165, 1.54) is 12.1 Å². The number of benzene rings is 1. The number of amides is 1. The molecule has 0 saturated heterocycles. The van der Waals surface area contributed by atoms with Crippen molar-refractivity contribution < 1.29 is 14.5 Å². The van der Waals surface area contributed by atoms with Crippen molar-refractivity contribution in [1.29, 1.82) is 0 Å². The zero-order valence-electron chi connectivity index (χ0n) is 13.6. The maximum atomic E-state index is 11.6. The number of aryl methyl sites for hydroxylation is 1. The molecule has 1 rings (SSSR count). The molecule has 1 amide bonds. The van der Waals surface area contributed by atoms with Crippen molar-refractivity contribution in [2.75, 3.05) is 11.9 Å². The van der Waals surface area contributed by atoms with E-state index in [1.54, 1.807) is 33.8 Å². The number of nitro groups is 1. The first kappa shape index (κ1) is 17.7. The van der Waals surface area contributed by atoms with E-state index in [4.69, 9.17) is 4.74 Å². The second-order valence-corrected chi connectivity index (χ2v) is 6.18. The SMILES string of the molecule is Cc1cc([N+](=O)[O-])ccc1NC(C)CNC(=O)OC(C)(C)C. The van der Waals surface area contributed by atoms with Gasteiger partial charge in [0.25, 0.3) is 5.69 Å².